The average molecular weight is 228 g/mol. The number of unbranched alkanes of at least 4 members (excludes halogenated alkanes) is 1. The molecule has 0 radical (unpaired) electrons. The molecule has 0 N–H and O–H groups in total. The molecule has 82 valence electrons. The molecule has 0 spiro atoms. The minimum absolute atomic E-state index is 0.118. The maximum absolute atomic E-state index is 11.7. The van der Waals surface area contributed by atoms with Crippen molar-refractivity contribution in [2.24, 2.45) is 0 Å². The predicted molar refractivity (Wildman–Crippen MR) is 58.9 cm³/mol. The Morgan fingerprint density at radius 2 is 2.20 bits per heavy atom. The summed E-state index contributed by atoms with van der Waals surface area (Å²) < 4.78 is 0. The van der Waals surface area contributed by atoms with E-state index in [-0.39, 0.29) is 5.91 Å². The van der Waals surface area contributed by atoms with Gasteiger partial charge in [-0.1, -0.05) is 24.9 Å². The van der Waals surface area contributed by atoms with E-state index < -0.39 is 0 Å². The van der Waals surface area contributed by atoms with E-state index in [1.165, 1.54) is 0 Å². The summed E-state index contributed by atoms with van der Waals surface area (Å²) in [4.78, 5) is 13.4. The number of carbonyl (C=O) groups is 1. The first kappa shape index (κ1) is 11.9. The van der Waals surface area contributed by atoms with Crippen LogP contribution in [0.25, 0.3) is 0 Å². The SMILES string of the molecule is CCCCN(C)C(=O)c1ccc(Cl)nn1. The lowest BCUT2D eigenvalue weighted by atomic mass is 10.3. The summed E-state index contributed by atoms with van der Waals surface area (Å²) in [6.45, 7) is 2.82. The van der Waals surface area contributed by atoms with Crippen molar-refractivity contribution in [3.63, 3.8) is 0 Å². The normalized spacial score (nSPS) is 10.1. The zero-order valence-electron chi connectivity index (χ0n) is 8.90. The summed E-state index contributed by atoms with van der Waals surface area (Å²) in [5, 5.41) is 7.66. The van der Waals surface area contributed by atoms with Gasteiger partial charge in [-0.2, -0.15) is 0 Å². The van der Waals surface area contributed by atoms with E-state index >= 15 is 0 Å². The van der Waals surface area contributed by atoms with E-state index in [0.29, 0.717) is 10.8 Å². The van der Waals surface area contributed by atoms with Crippen LogP contribution in [0.4, 0.5) is 0 Å². The molecule has 4 nitrogen and oxygen atoms in total. The highest BCUT2D eigenvalue weighted by Crippen LogP contribution is 2.05. The predicted octanol–water partition coefficient (Wildman–Crippen LogP) is 2.00. The van der Waals surface area contributed by atoms with Crippen LogP contribution < -0.4 is 0 Å². The van der Waals surface area contributed by atoms with Crippen molar-refractivity contribution in [1.82, 2.24) is 15.1 Å². The van der Waals surface area contributed by atoms with E-state index in [1.54, 1.807) is 24.1 Å². The van der Waals surface area contributed by atoms with Crippen molar-refractivity contribution in [2.45, 2.75) is 19.8 Å². The lowest BCUT2D eigenvalue weighted by Crippen LogP contribution is -2.28. The number of halogens is 1. The third-order valence-electron chi connectivity index (χ3n) is 2.04. The number of nitrogens with zero attached hydrogens (tertiary/aromatic N) is 3. The Morgan fingerprint density at radius 1 is 1.47 bits per heavy atom. The molecule has 0 saturated heterocycles. The van der Waals surface area contributed by atoms with Crippen LogP contribution in [0.15, 0.2) is 12.1 Å². The number of hydrogen-bond acceptors (Lipinski definition) is 3. The molecule has 0 aliphatic carbocycles. The molecule has 1 aromatic rings. The Bertz CT molecular complexity index is 326. The van der Waals surface area contributed by atoms with Crippen molar-refractivity contribution in [3.05, 3.63) is 23.0 Å². The molecular weight excluding hydrogens is 214 g/mol. The van der Waals surface area contributed by atoms with Crippen LogP contribution >= 0.6 is 11.6 Å². The van der Waals surface area contributed by atoms with Gasteiger partial charge in [-0.05, 0) is 18.6 Å². The molecule has 1 aromatic heterocycles. The third kappa shape index (κ3) is 3.47. The fourth-order valence-corrected chi connectivity index (χ4v) is 1.22. The first-order valence-electron chi connectivity index (χ1n) is 4.90. The second-order valence-electron chi connectivity index (χ2n) is 3.32. The van der Waals surface area contributed by atoms with Gasteiger partial charge in [-0.15, -0.1) is 10.2 Å². The average Bonchev–Trinajstić information content (AvgIpc) is 2.26. The topological polar surface area (TPSA) is 46.1 Å². The maximum Gasteiger partial charge on any atom is 0.274 e. The Morgan fingerprint density at radius 3 is 2.73 bits per heavy atom. The highest BCUT2D eigenvalue weighted by molar-refractivity contribution is 6.29. The molecule has 0 unspecified atom stereocenters. The van der Waals surface area contributed by atoms with Crippen LogP contribution in [0.1, 0.15) is 30.3 Å². The molecule has 0 bridgehead atoms. The Hall–Kier alpha value is -1.16. The summed E-state index contributed by atoms with van der Waals surface area (Å²) in [6.07, 6.45) is 2.05. The van der Waals surface area contributed by atoms with Crippen LogP contribution in [-0.2, 0) is 0 Å². The number of amides is 1. The number of rotatable bonds is 4. The van der Waals surface area contributed by atoms with Gasteiger partial charge >= 0.3 is 0 Å². The summed E-state index contributed by atoms with van der Waals surface area (Å²) in [5.41, 5.74) is 0.331. The molecule has 0 saturated carbocycles. The van der Waals surface area contributed by atoms with E-state index in [0.717, 1.165) is 19.4 Å². The van der Waals surface area contributed by atoms with Gasteiger partial charge in [0, 0.05) is 13.6 Å². The first-order chi connectivity index (χ1) is 7.15. The molecule has 0 aromatic carbocycles. The van der Waals surface area contributed by atoms with Crippen LogP contribution in [0.3, 0.4) is 0 Å². The largest absolute Gasteiger partial charge is 0.340 e. The van der Waals surface area contributed by atoms with Gasteiger partial charge in [0.05, 0.1) is 0 Å². The van der Waals surface area contributed by atoms with Gasteiger partial charge in [-0.25, -0.2) is 0 Å². The van der Waals surface area contributed by atoms with Crippen molar-refractivity contribution >= 4 is 17.5 Å². The monoisotopic (exact) mass is 227 g/mol. The number of carbonyl (C=O) groups excluding carboxylic acids is 1. The Kier molecular flexibility index (Phi) is 4.49. The van der Waals surface area contributed by atoms with Crippen LogP contribution in [0.2, 0.25) is 5.15 Å². The molecule has 0 fully saturated rings. The second-order valence-corrected chi connectivity index (χ2v) is 3.71. The van der Waals surface area contributed by atoms with E-state index in [4.69, 9.17) is 11.6 Å². The van der Waals surface area contributed by atoms with Crippen molar-refractivity contribution in [3.8, 4) is 0 Å². The van der Waals surface area contributed by atoms with E-state index in [2.05, 4.69) is 17.1 Å². The maximum atomic E-state index is 11.7. The molecule has 0 aliphatic heterocycles. The fourth-order valence-electron chi connectivity index (χ4n) is 1.12. The van der Waals surface area contributed by atoms with Crippen LogP contribution in [-0.4, -0.2) is 34.6 Å². The van der Waals surface area contributed by atoms with E-state index in [1.807, 2.05) is 0 Å². The van der Waals surface area contributed by atoms with Gasteiger partial charge < -0.3 is 4.90 Å². The van der Waals surface area contributed by atoms with Crippen LogP contribution in [0.5, 0.6) is 0 Å². The summed E-state index contributed by atoms with van der Waals surface area (Å²) in [7, 11) is 1.76. The van der Waals surface area contributed by atoms with Crippen molar-refractivity contribution in [2.75, 3.05) is 13.6 Å². The van der Waals surface area contributed by atoms with Gasteiger partial charge in [0.2, 0.25) is 0 Å². The third-order valence-corrected chi connectivity index (χ3v) is 2.25. The molecule has 1 heterocycles. The van der Waals surface area contributed by atoms with Crippen LogP contribution in [0, 0.1) is 0 Å². The molecule has 5 heteroatoms. The standard InChI is InChI=1S/C10H14ClN3O/c1-3-4-7-14(2)10(15)8-5-6-9(11)13-12-8/h5-6H,3-4,7H2,1-2H3. The molecule has 1 rings (SSSR count). The second kappa shape index (κ2) is 5.66. The first-order valence-corrected chi connectivity index (χ1v) is 5.27. The Labute approximate surface area is 94.3 Å². The van der Waals surface area contributed by atoms with Gasteiger partial charge in [-0.3, -0.25) is 4.79 Å². The van der Waals surface area contributed by atoms with Gasteiger partial charge in [0.25, 0.3) is 5.91 Å². The Balaban J connectivity index is 2.63. The number of aromatic nitrogens is 2. The van der Waals surface area contributed by atoms with Crippen molar-refractivity contribution in [1.29, 1.82) is 0 Å². The fraction of sp³-hybridized carbons (Fsp3) is 0.500. The summed E-state index contributed by atoms with van der Waals surface area (Å²) in [5.74, 6) is -0.118. The van der Waals surface area contributed by atoms with Gasteiger partial charge in [0.1, 0.15) is 0 Å². The number of hydrogen-bond donors (Lipinski definition) is 0. The van der Waals surface area contributed by atoms with Crippen molar-refractivity contribution < 1.29 is 4.79 Å². The van der Waals surface area contributed by atoms with E-state index in [9.17, 15) is 4.79 Å². The lowest BCUT2D eigenvalue weighted by Gasteiger charge is -2.15. The summed E-state index contributed by atoms with van der Waals surface area (Å²) in [6, 6.07) is 3.15. The quantitative estimate of drug-likeness (QED) is 0.791. The molecule has 1 amide bonds. The minimum Gasteiger partial charge on any atom is -0.340 e. The zero-order chi connectivity index (χ0) is 11.3. The molecule has 15 heavy (non-hydrogen) atoms. The molecular formula is C10H14ClN3O. The summed E-state index contributed by atoms with van der Waals surface area (Å²) >= 11 is 5.58. The van der Waals surface area contributed by atoms with Gasteiger partial charge in [0.15, 0.2) is 10.8 Å². The molecule has 0 aliphatic rings. The highest BCUT2D eigenvalue weighted by atomic mass is 35.5. The zero-order valence-corrected chi connectivity index (χ0v) is 9.66. The smallest absolute Gasteiger partial charge is 0.274 e. The lowest BCUT2D eigenvalue weighted by molar-refractivity contribution is 0.0786. The molecule has 0 atom stereocenters. The minimum atomic E-state index is -0.118. The highest BCUT2D eigenvalue weighted by Gasteiger charge is 2.12.